The van der Waals surface area contributed by atoms with Crippen LogP contribution in [0.25, 0.3) is 21.0 Å². The van der Waals surface area contributed by atoms with E-state index in [0.717, 1.165) is 36.0 Å². The molecule has 2 aromatic carbocycles. The van der Waals surface area contributed by atoms with Gasteiger partial charge in [-0.1, -0.05) is 18.2 Å². The summed E-state index contributed by atoms with van der Waals surface area (Å²) in [5.41, 5.74) is 2.42. The SMILES string of the molecule is Cc1cccc2sc([C@H]3CCN(C[C@H](O)COc4cccc5[nH]ccc45)[C@H](C)C3)cc12.O=C(O)C(=O)O. The molecule has 5 rings (SSSR count). The van der Waals surface area contributed by atoms with Gasteiger partial charge >= 0.3 is 11.9 Å². The van der Waals surface area contributed by atoms with Crippen LogP contribution in [0.2, 0.25) is 0 Å². The van der Waals surface area contributed by atoms with Crippen molar-refractivity contribution in [3.05, 3.63) is 65.2 Å². The smallest absolute Gasteiger partial charge is 0.414 e. The number of rotatable bonds is 6. The third-order valence-electron chi connectivity index (χ3n) is 6.83. The number of nitrogens with zero attached hydrogens (tertiary/aromatic N) is 1. The zero-order chi connectivity index (χ0) is 26.5. The number of hydrogen-bond acceptors (Lipinski definition) is 6. The lowest BCUT2D eigenvalue weighted by Gasteiger charge is -2.38. The Morgan fingerprint density at radius 1 is 1.14 bits per heavy atom. The van der Waals surface area contributed by atoms with Crippen molar-refractivity contribution < 1.29 is 29.6 Å². The van der Waals surface area contributed by atoms with Crippen LogP contribution in [0.1, 0.15) is 36.1 Å². The predicted octanol–water partition coefficient (Wildman–Crippen LogP) is 4.85. The summed E-state index contributed by atoms with van der Waals surface area (Å²) in [4.78, 5) is 25.3. The van der Waals surface area contributed by atoms with Gasteiger partial charge in [-0.15, -0.1) is 11.3 Å². The van der Waals surface area contributed by atoms with E-state index in [1.165, 1.54) is 20.5 Å². The van der Waals surface area contributed by atoms with Crippen LogP contribution in [0, 0.1) is 6.92 Å². The highest BCUT2D eigenvalue weighted by molar-refractivity contribution is 7.19. The molecule has 0 aliphatic carbocycles. The van der Waals surface area contributed by atoms with Crippen molar-refractivity contribution >= 4 is 44.3 Å². The first-order valence-electron chi connectivity index (χ1n) is 12.3. The quantitative estimate of drug-likeness (QED) is 0.266. The van der Waals surface area contributed by atoms with E-state index in [1.54, 1.807) is 0 Å². The van der Waals surface area contributed by atoms with Crippen molar-refractivity contribution in [2.24, 2.45) is 0 Å². The number of hydrogen-bond donors (Lipinski definition) is 4. The van der Waals surface area contributed by atoms with Gasteiger partial charge in [-0.05, 0) is 80.4 Å². The highest BCUT2D eigenvalue weighted by atomic mass is 32.1. The summed E-state index contributed by atoms with van der Waals surface area (Å²) < 4.78 is 7.35. The van der Waals surface area contributed by atoms with Gasteiger partial charge in [-0.2, -0.15) is 0 Å². The minimum Gasteiger partial charge on any atom is -0.490 e. The number of carbonyl (C=O) groups is 2. The molecule has 4 N–H and O–H groups in total. The van der Waals surface area contributed by atoms with Crippen LogP contribution < -0.4 is 4.74 Å². The van der Waals surface area contributed by atoms with Crippen LogP contribution in [0.3, 0.4) is 0 Å². The molecule has 2 aromatic heterocycles. The monoisotopic (exact) mass is 524 g/mol. The number of benzene rings is 2. The Morgan fingerprint density at radius 3 is 2.59 bits per heavy atom. The van der Waals surface area contributed by atoms with E-state index in [-0.39, 0.29) is 0 Å². The number of aryl methyl sites for hydroxylation is 1. The highest BCUT2D eigenvalue weighted by Crippen LogP contribution is 2.39. The zero-order valence-corrected chi connectivity index (χ0v) is 21.7. The third kappa shape index (κ3) is 6.49. The van der Waals surface area contributed by atoms with Crippen molar-refractivity contribution in [2.75, 3.05) is 19.7 Å². The second kappa shape index (κ2) is 11.8. The summed E-state index contributed by atoms with van der Waals surface area (Å²) in [5.74, 6) is -2.21. The van der Waals surface area contributed by atoms with E-state index < -0.39 is 18.0 Å². The predicted molar refractivity (Wildman–Crippen MR) is 145 cm³/mol. The molecule has 0 saturated carbocycles. The molecule has 0 amide bonds. The van der Waals surface area contributed by atoms with Gasteiger partial charge in [-0.3, -0.25) is 4.90 Å². The fraction of sp³-hybridized carbons (Fsp3) is 0.357. The van der Waals surface area contributed by atoms with E-state index in [9.17, 15) is 5.11 Å². The maximum atomic E-state index is 10.6. The minimum atomic E-state index is -1.82. The van der Waals surface area contributed by atoms with Gasteiger partial charge in [0.15, 0.2) is 0 Å². The lowest BCUT2D eigenvalue weighted by molar-refractivity contribution is -0.159. The largest absolute Gasteiger partial charge is 0.490 e. The molecule has 0 unspecified atom stereocenters. The molecule has 3 heterocycles. The number of carboxylic acids is 2. The number of carboxylic acid groups (broad SMARTS) is 2. The fourth-order valence-electron chi connectivity index (χ4n) is 4.87. The molecule has 1 fully saturated rings. The second-order valence-electron chi connectivity index (χ2n) is 9.47. The summed E-state index contributed by atoms with van der Waals surface area (Å²) in [6, 6.07) is 17.4. The minimum absolute atomic E-state index is 0.312. The Labute approximate surface area is 219 Å². The Bertz CT molecular complexity index is 1370. The summed E-state index contributed by atoms with van der Waals surface area (Å²) in [5, 5.41) is 27.9. The van der Waals surface area contributed by atoms with Crippen molar-refractivity contribution in [1.82, 2.24) is 9.88 Å². The number of aliphatic hydroxyl groups excluding tert-OH is 1. The highest BCUT2D eigenvalue weighted by Gasteiger charge is 2.29. The molecule has 1 saturated heterocycles. The average Bonchev–Trinajstić information content (AvgIpc) is 3.52. The fourth-order valence-corrected chi connectivity index (χ4v) is 6.16. The van der Waals surface area contributed by atoms with Gasteiger partial charge in [0, 0.05) is 39.3 Å². The number of aliphatic hydroxyl groups is 1. The van der Waals surface area contributed by atoms with Crippen LogP contribution in [0.4, 0.5) is 0 Å². The van der Waals surface area contributed by atoms with E-state index in [0.29, 0.717) is 25.1 Å². The second-order valence-corrected chi connectivity index (χ2v) is 10.6. The summed E-state index contributed by atoms with van der Waals surface area (Å²) in [6.07, 6.45) is 3.70. The molecule has 1 aliphatic rings. The van der Waals surface area contributed by atoms with Gasteiger partial charge in [0.1, 0.15) is 18.5 Å². The molecule has 4 aromatic rings. The van der Waals surface area contributed by atoms with Crippen molar-refractivity contribution in [2.45, 2.75) is 44.8 Å². The molecular weight excluding hydrogens is 492 g/mol. The molecular formula is C28H32N2O6S. The number of nitrogens with one attached hydrogen (secondary N) is 1. The van der Waals surface area contributed by atoms with E-state index >= 15 is 0 Å². The third-order valence-corrected chi connectivity index (χ3v) is 8.09. The van der Waals surface area contributed by atoms with Gasteiger partial charge in [0.2, 0.25) is 0 Å². The van der Waals surface area contributed by atoms with Crippen LogP contribution in [-0.4, -0.2) is 69.0 Å². The number of thiophene rings is 1. The number of aromatic nitrogens is 1. The van der Waals surface area contributed by atoms with Gasteiger partial charge in [0.25, 0.3) is 0 Å². The standard InChI is InChI=1S/C26H30N2O2S.C2H2O4/c1-17-5-3-8-25-22(17)14-26(31-25)19-10-12-28(18(2)13-19)15-20(29)16-30-24-7-4-6-23-21(24)9-11-27-23;3-1(4)2(5)6/h3-9,11,14,18-20,27,29H,10,12-13,15-16H2,1-2H3;(H,3,4)(H,5,6)/t18-,19+,20+;/m1./s1. The van der Waals surface area contributed by atoms with Crippen LogP contribution in [0.5, 0.6) is 5.75 Å². The zero-order valence-electron chi connectivity index (χ0n) is 20.9. The van der Waals surface area contributed by atoms with E-state index in [1.807, 2.05) is 41.8 Å². The molecule has 9 heteroatoms. The van der Waals surface area contributed by atoms with Crippen LogP contribution >= 0.6 is 11.3 Å². The Kier molecular flexibility index (Phi) is 8.48. The number of piperidine rings is 1. The molecule has 0 bridgehead atoms. The maximum absolute atomic E-state index is 10.6. The van der Waals surface area contributed by atoms with Crippen molar-refractivity contribution in [1.29, 1.82) is 0 Å². The first kappa shape index (κ1) is 26.7. The summed E-state index contributed by atoms with van der Waals surface area (Å²) in [7, 11) is 0. The molecule has 37 heavy (non-hydrogen) atoms. The topological polar surface area (TPSA) is 123 Å². The van der Waals surface area contributed by atoms with Crippen molar-refractivity contribution in [3.8, 4) is 5.75 Å². The van der Waals surface area contributed by atoms with Crippen molar-refractivity contribution in [3.63, 3.8) is 0 Å². The van der Waals surface area contributed by atoms with Gasteiger partial charge in [-0.25, -0.2) is 9.59 Å². The summed E-state index contributed by atoms with van der Waals surface area (Å²) in [6.45, 7) is 6.47. The van der Waals surface area contributed by atoms with Gasteiger partial charge < -0.3 is 25.0 Å². The number of likely N-dealkylation sites (tertiary alicyclic amines) is 1. The number of aliphatic carboxylic acids is 2. The Morgan fingerprint density at radius 2 is 1.89 bits per heavy atom. The number of β-amino-alcohol motifs (C(OH)–C–C–N with tert-alkyl or cyclic N) is 1. The Balaban J connectivity index is 0.000000480. The first-order valence-corrected chi connectivity index (χ1v) is 13.1. The summed E-state index contributed by atoms with van der Waals surface area (Å²) >= 11 is 1.95. The number of ether oxygens (including phenoxy) is 1. The Hall–Kier alpha value is -3.40. The lowest BCUT2D eigenvalue weighted by atomic mass is 9.90. The molecule has 8 nitrogen and oxygen atoms in total. The number of aromatic amines is 1. The number of fused-ring (bicyclic) bond motifs is 2. The number of H-pyrrole nitrogens is 1. The molecule has 3 atom stereocenters. The maximum Gasteiger partial charge on any atom is 0.414 e. The molecule has 0 spiro atoms. The normalized spacial score (nSPS) is 18.8. The van der Waals surface area contributed by atoms with Crippen LogP contribution in [-0.2, 0) is 9.59 Å². The van der Waals surface area contributed by atoms with Gasteiger partial charge in [0.05, 0.1) is 0 Å². The average molecular weight is 525 g/mol. The first-order chi connectivity index (χ1) is 17.7. The molecule has 1 aliphatic heterocycles. The van der Waals surface area contributed by atoms with Crippen LogP contribution in [0.15, 0.2) is 54.7 Å². The molecule has 0 radical (unpaired) electrons. The van der Waals surface area contributed by atoms with E-state index in [2.05, 4.69) is 48.0 Å². The lowest BCUT2D eigenvalue weighted by Crippen LogP contribution is -2.45. The van der Waals surface area contributed by atoms with E-state index in [4.69, 9.17) is 24.5 Å². The molecule has 196 valence electrons.